The van der Waals surface area contributed by atoms with Gasteiger partial charge in [-0.25, -0.2) is 4.79 Å². The SMILES string of the molecule is CCCCCCCCCOC(=O)CCCCCCCN(CCCCCCC(OCCCCCCCC)OCCCCCCCC)CCCNC(=O)OC. The largest absolute Gasteiger partial charge is 0.466 e. The van der Waals surface area contributed by atoms with Crippen molar-refractivity contribution in [1.29, 1.82) is 0 Å². The fourth-order valence-corrected chi connectivity index (χ4v) is 6.76. The van der Waals surface area contributed by atoms with Gasteiger partial charge in [0, 0.05) is 26.2 Å². The van der Waals surface area contributed by atoms with Gasteiger partial charge in [-0.2, -0.15) is 0 Å². The Morgan fingerprint density at radius 2 is 0.906 bits per heavy atom. The predicted molar refractivity (Wildman–Crippen MR) is 224 cm³/mol. The van der Waals surface area contributed by atoms with Crippen molar-refractivity contribution in [2.75, 3.05) is 53.1 Å². The molecule has 0 rings (SSSR count). The van der Waals surface area contributed by atoms with E-state index in [1.165, 1.54) is 142 Å². The van der Waals surface area contributed by atoms with Crippen LogP contribution in [0.2, 0.25) is 0 Å². The Hall–Kier alpha value is -1.38. The van der Waals surface area contributed by atoms with E-state index in [2.05, 4.69) is 31.0 Å². The summed E-state index contributed by atoms with van der Waals surface area (Å²) >= 11 is 0. The minimum atomic E-state index is -0.358. The van der Waals surface area contributed by atoms with Gasteiger partial charge in [-0.1, -0.05) is 156 Å². The van der Waals surface area contributed by atoms with E-state index in [9.17, 15) is 9.59 Å². The Bertz CT molecular complexity index is 736. The molecule has 0 radical (unpaired) electrons. The van der Waals surface area contributed by atoms with Gasteiger partial charge in [0.25, 0.3) is 0 Å². The number of rotatable bonds is 43. The maximum Gasteiger partial charge on any atom is 0.406 e. The number of amides is 1. The van der Waals surface area contributed by atoms with Gasteiger partial charge < -0.3 is 29.2 Å². The molecule has 53 heavy (non-hydrogen) atoms. The van der Waals surface area contributed by atoms with Crippen LogP contribution in [-0.2, 0) is 23.7 Å². The van der Waals surface area contributed by atoms with Crippen molar-refractivity contribution >= 4 is 12.1 Å². The van der Waals surface area contributed by atoms with Gasteiger partial charge in [0.2, 0.25) is 0 Å². The van der Waals surface area contributed by atoms with E-state index in [0.29, 0.717) is 19.6 Å². The van der Waals surface area contributed by atoms with Gasteiger partial charge in [-0.05, 0) is 77.4 Å². The molecular formula is C45H90N2O6. The molecule has 0 aromatic carbocycles. The molecule has 0 aliphatic carbocycles. The summed E-state index contributed by atoms with van der Waals surface area (Å²) in [5, 5.41) is 2.82. The van der Waals surface area contributed by atoms with Gasteiger partial charge in [0.15, 0.2) is 6.29 Å². The van der Waals surface area contributed by atoms with Crippen molar-refractivity contribution in [2.45, 2.75) is 226 Å². The zero-order valence-corrected chi connectivity index (χ0v) is 35.8. The van der Waals surface area contributed by atoms with Crippen molar-refractivity contribution in [3.05, 3.63) is 0 Å². The molecule has 0 unspecified atom stereocenters. The van der Waals surface area contributed by atoms with Crippen LogP contribution in [0, 0.1) is 0 Å². The molecule has 8 nitrogen and oxygen atoms in total. The van der Waals surface area contributed by atoms with E-state index in [-0.39, 0.29) is 18.4 Å². The van der Waals surface area contributed by atoms with Crippen LogP contribution in [-0.4, -0.2) is 76.4 Å². The van der Waals surface area contributed by atoms with E-state index in [1.54, 1.807) is 0 Å². The Labute approximate surface area is 329 Å². The summed E-state index contributed by atoms with van der Waals surface area (Å²) in [6.07, 6.45) is 36.4. The van der Waals surface area contributed by atoms with Crippen molar-refractivity contribution in [3.8, 4) is 0 Å². The number of ether oxygens (including phenoxy) is 4. The van der Waals surface area contributed by atoms with Gasteiger partial charge in [-0.3, -0.25) is 4.79 Å². The lowest BCUT2D eigenvalue weighted by Gasteiger charge is -2.22. The van der Waals surface area contributed by atoms with E-state index in [4.69, 9.17) is 18.9 Å². The molecule has 0 aromatic heterocycles. The predicted octanol–water partition coefficient (Wildman–Crippen LogP) is 12.7. The summed E-state index contributed by atoms with van der Waals surface area (Å²) in [5.74, 6) is -0.0281. The minimum Gasteiger partial charge on any atom is -0.466 e. The third-order valence-corrected chi connectivity index (χ3v) is 10.2. The molecular weight excluding hydrogens is 665 g/mol. The summed E-state index contributed by atoms with van der Waals surface area (Å²) in [6, 6.07) is 0. The summed E-state index contributed by atoms with van der Waals surface area (Å²) in [6.45, 7) is 12.8. The molecule has 0 spiro atoms. The molecule has 0 aromatic rings. The highest BCUT2D eigenvalue weighted by molar-refractivity contribution is 5.69. The van der Waals surface area contributed by atoms with E-state index < -0.39 is 0 Å². The van der Waals surface area contributed by atoms with Gasteiger partial charge >= 0.3 is 12.1 Å². The monoisotopic (exact) mass is 755 g/mol. The van der Waals surface area contributed by atoms with Gasteiger partial charge in [-0.15, -0.1) is 0 Å². The molecule has 0 aliphatic rings. The lowest BCUT2D eigenvalue weighted by Crippen LogP contribution is -2.31. The second-order valence-corrected chi connectivity index (χ2v) is 15.4. The molecule has 8 heteroatoms. The van der Waals surface area contributed by atoms with Crippen molar-refractivity contribution in [1.82, 2.24) is 10.2 Å². The van der Waals surface area contributed by atoms with Crippen LogP contribution < -0.4 is 5.32 Å². The van der Waals surface area contributed by atoms with Crippen LogP contribution in [0.25, 0.3) is 0 Å². The number of hydrogen-bond acceptors (Lipinski definition) is 7. The number of esters is 1. The first-order chi connectivity index (χ1) is 26.1. The van der Waals surface area contributed by atoms with E-state index in [1.807, 2.05) is 0 Å². The molecule has 0 aliphatic heterocycles. The second kappa shape index (κ2) is 43.3. The Morgan fingerprint density at radius 3 is 1.42 bits per heavy atom. The molecule has 1 amide bonds. The first-order valence-corrected chi connectivity index (χ1v) is 23.0. The Balaban J connectivity index is 4.34. The molecule has 0 saturated carbocycles. The Kier molecular flexibility index (Phi) is 42.2. The van der Waals surface area contributed by atoms with E-state index in [0.717, 1.165) is 90.6 Å². The first-order valence-electron chi connectivity index (χ1n) is 23.0. The topological polar surface area (TPSA) is 86.3 Å². The maximum absolute atomic E-state index is 12.1. The van der Waals surface area contributed by atoms with E-state index >= 15 is 0 Å². The number of nitrogens with one attached hydrogen (secondary N) is 1. The third-order valence-electron chi connectivity index (χ3n) is 10.2. The summed E-state index contributed by atoms with van der Waals surface area (Å²) in [4.78, 5) is 26.1. The number of carbonyl (C=O) groups is 2. The number of unbranched alkanes of at least 4 members (excludes halogenated alkanes) is 23. The molecule has 0 saturated heterocycles. The number of methoxy groups -OCH3 is 1. The molecule has 0 atom stereocenters. The lowest BCUT2D eigenvalue weighted by molar-refractivity contribution is -0.148. The zero-order chi connectivity index (χ0) is 38.7. The first kappa shape index (κ1) is 51.6. The lowest BCUT2D eigenvalue weighted by atomic mass is 10.1. The van der Waals surface area contributed by atoms with Crippen LogP contribution in [0.15, 0.2) is 0 Å². The standard InChI is InChI=1S/C45H90N2O6/c1-5-8-11-14-17-25-30-40-51-43(48)34-26-19-18-21-28-37-47(39-33-36-46-45(49)50-4)38-29-22-20-27-35-44(52-41-31-23-15-12-9-6-2)53-42-32-24-16-13-10-7-3/h44H,5-42H2,1-4H3,(H,46,49). The van der Waals surface area contributed by atoms with Gasteiger partial charge in [0.05, 0.1) is 13.7 Å². The van der Waals surface area contributed by atoms with Crippen molar-refractivity contribution in [3.63, 3.8) is 0 Å². The Morgan fingerprint density at radius 1 is 0.491 bits per heavy atom. The van der Waals surface area contributed by atoms with Crippen LogP contribution in [0.4, 0.5) is 4.79 Å². The fourth-order valence-electron chi connectivity index (χ4n) is 6.76. The summed E-state index contributed by atoms with van der Waals surface area (Å²) < 4.78 is 22.7. The van der Waals surface area contributed by atoms with Crippen LogP contribution in [0.1, 0.15) is 220 Å². The second-order valence-electron chi connectivity index (χ2n) is 15.4. The fraction of sp³-hybridized carbons (Fsp3) is 0.956. The van der Waals surface area contributed by atoms with Gasteiger partial charge in [0.1, 0.15) is 0 Å². The summed E-state index contributed by atoms with van der Waals surface area (Å²) in [7, 11) is 1.41. The number of nitrogens with zero attached hydrogens (tertiary/aromatic N) is 1. The zero-order valence-electron chi connectivity index (χ0n) is 35.8. The number of carbonyl (C=O) groups excluding carboxylic acids is 2. The molecule has 1 N–H and O–H groups in total. The van der Waals surface area contributed by atoms with Crippen LogP contribution in [0.3, 0.4) is 0 Å². The molecule has 0 heterocycles. The normalized spacial score (nSPS) is 11.5. The average molecular weight is 755 g/mol. The molecule has 0 fully saturated rings. The number of hydrogen-bond donors (Lipinski definition) is 1. The van der Waals surface area contributed by atoms with Crippen molar-refractivity contribution in [2.24, 2.45) is 0 Å². The maximum atomic E-state index is 12.1. The molecule has 0 bridgehead atoms. The quantitative estimate of drug-likeness (QED) is 0.0377. The smallest absolute Gasteiger partial charge is 0.406 e. The third kappa shape index (κ3) is 40.1. The number of alkyl carbamates (subject to hydrolysis) is 1. The highest BCUT2D eigenvalue weighted by atomic mass is 16.7. The highest BCUT2D eigenvalue weighted by Gasteiger charge is 2.11. The van der Waals surface area contributed by atoms with Crippen LogP contribution >= 0.6 is 0 Å². The van der Waals surface area contributed by atoms with Crippen molar-refractivity contribution < 1.29 is 28.5 Å². The molecule has 316 valence electrons. The average Bonchev–Trinajstić information content (AvgIpc) is 3.16. The summed E-state index contributed by atoms with van der Waals surface area (Å²) in [5.41, 5.74) is 0. The highest BCUT2D eigenvalue weighted by Crippen LogP contribution is 2.15. The van der Waals surface area contributed by atoms with Crippen LogP contribution in [0.5, 0.6) is 0 Å². The minimum absolute atomic E-state index is 0.0281.